The van der Waals surface area contributed by atoms with Crippen LogP contribution in [0.4, 0.5) is 0 Å². The van der Waals surface area contributed by atoms with Crippen LogP contribution in [0.15, 0.2) is 23.7 Å². The van der Waals surface area contributed by atoms with E-state index in [0.717, 1.165) is 21.7 Å². The van der Waals surface area contributed by atoms with E-state index in [-0.39, 0.29) is 18.4 Å². The van der Waals surface area contributed by atoms with Gasteiger partial charge < -0.3 is 20.3 Å². The molecule has 1 saturated carbocycles. The lowest BCUT2D eigenvalue weighted by Crippen LogP contribution is -2.58. The Morgan fingerprint density at radius 3 is 2.64 bits per heavy atom. The number of nitriles is 1. The number of aromatic nitrogens is 1. The molecule has 2 heterocycles. The Hall–Kier alpha value is -3.45. The van der Waals surface area contributed by atoms with Crippen LogP contribution in [0.1, 0.15) is 64.6 Å². The van der Waals surface area contributed by atoms with Crippen molar-refractivity contribution in [2.24, 2.45) is 10.8 Å². The van der Waals surface area contributed by atoms with Crippen LogP contribution in [0.5, 0.6) is 5.75 Å². The van der Waals surface area contributed by atoms with Crippen LogP contribution in [0.2, 0.25) is 0 Å². The second-order valence-electron chi connectivity index (χ2n) is 11.4. The van der Waals surface area contributed by atoms with Gasteiger partial charge in [0.05, 0.1) is 28.8 Å². The summed E-state index contributed by atoms with van der Waals surface area (Å²) in [5.74, 6) is -0.231. The number of carbonyl (C=O) groups excluding carboxylic acids is 3. The van der Waals surface area contributed by atoms with E-state index in [2.05, 4.69) is 21.7 Å². The van der Waals surface area contributed by atoms with Crippen LogP contribution in [-0.4, -0.2) is 52.8 Å². The molecule has 10 heteroatoms. The summed E-state index contributed by atoms with van der Waals surface area (Å²) in [5, 5.41) is 15.3. The van der Waals surface area contributed by atoms with Gasteiger partial charge in [-0.05, 0) is 56.6 Å². The van der Waals surface area contributed by atoms with E-state index in [1.165, 1.54) is 0 Å². The van der Waals surface area contributed by atoms with Gasteiger partial charge in [-0.15, -0.1) is 11.3 Å². The largest absolute Gasteiger partial charge is 0.494 e. The maximum absolute atomic E-state index is 13.7. The first-order valence-corrected chi connectivity index (χ1v) is 14.4. The van der Waals surface area contributed by atoms with Crippen molar-refractivity contribution in [3.63, 3.8) is 0 Å². The van der Waals surface area contributed by atoms with E-state index in [1.54, 1.807) is 16.2 Å². The van der Waals surface area contributed by atoms with Crippen LogP contribution in [0.3, 0.4) is 0 Å². The van der Waals surface area contributed by atoms with Gasteiger partial charge in [-0.25, -0.2) is 4.98 Å². The van der Waals surface area contributed by atoms with Gasteiger partial charge in [0.1, 0.15) is 23.2 Å². The van der Waals surface area contributed by atoms with E-state index in [4.69, 9.17) is 4.74 Å². The highest BCUT2D eigenvalue weighted by molar-refractivity contribution is 7.13. The van der Waals surface area contributed by atoms with Crippen molar-refractivity contribution in [2.75, 3.05) is 13.2 Å². The standard InChI is InChI=1S/C29H37N5O4S/c1-6-38-22-14-19(23-18(2)32-17-39-23)9-10-20(22)15-31-25(35)21-8-7-13-34(21)26(36)24(28(3,4)5)33-27(37)29(16-30)11-12-29/h9-10,14,17,21,24H,6-8,11-13,15H2,1-5H3,(H,31,35)(H,33,37)/t21-,24+/m0/s1. The molecule has 2 aromatic rings. The number of hydrogen-bond acceptors (Lipinski definition) is 7. The lowest BCUT2D eigenvalue weighted by molar-refractivity contribution is -0.144. The van der Waals surface area contributed by atoms with Crippen LogP contribution in [0.25, 0.3) is 10.4 Å². The number of benzene rings is 1. The normalized spacial score (nSPS) is 18.7. The highest BCUT2D eigenvalue weighted by atomic mass is 32.1. The fourth-order valence-electron chi connectivity index (χ4n) is 4.91. The minimum atomic E-state index is -1.03. The molecule has 3 amide bonds. The van der Waals surface area contributed by atoms with Gasteiger partial charge in [0.25, 0.3) is 0 Å². The molecule has 1 aliphatic heterocycles. The molecular formula is C29H37N5O4S. The molecule has 0 spiro atoms. The van der Waals surface area contributed by atoms with E-state index in [1.807, 2.05) is 58.3 Å². The van der Waals surface area contributed by atoms with Gasteiger partial charge in [0, 0.05) is 18.7 Å². The Morgan fingerprint density at radius 1 is 1.31 bits per heavy atom. The van der Waals surface area contributed by atoms with Gasteiger partial charge in [-0.1, -0.05) is 32.9 Å². The highest BCUT2D eigenvalue weighted by Crippen LogP contribution is 2.45. The zero-order valence-corrected chi connectivity index (χ0v) is 24.1. The molecule has 1 aliphatic carbocycles. The topological polar surface area (TPSA) is 124 Å². The second kappa shape index (κ2) is 11.3. The number of thiazole rings is 1. The fourth-order valence-corrected chi connectivity index (χ4v) is 5.71. The third-order valence-corrected chi connectivity index (χ3v) is 8.43. The molecule has 2 aliphatic rings. The average molecular weight is 552 g/mol. The highest BCUT2D eigenvalue weighted by Gasteiger charge is 2.53. The number of hydrogen-bond donors (Lipinski definition) is 2. The molecule has 2 fully saturated rings. The van der Waals surface area contributed by atoms with E-state index < -0.39 is 28.8 Å². The molecule has 4 rings (SSSR count). The molecule has 39 heavy (non-hydrogen) atoms. The van der Waals surface area contributed by atoms with E-state index in [9.17, 15) is 19.6 Å². The van der Waals surface area contributed by atoms with Crippen molar-refractivity contribution >= 4 is 29.1 Å². The van der Waals surface area contributed by atoms with E-state index >= 15 is 0 Å². The number of aryl methyl sites for hydroxylation is 1. The smallest absolute Gasteiger partial charge is 0.246 e. The van der Waals surface area contributed by atoms with Gasteiger partial charge in [-0.3, -0.25) is 14.4 Å². The third kappa shape index (κ3) is 6.09. The molecular weight excluding hydrogens is 514 g/mol. The first-order valence-electron chi connectivity index (χ1n) is 13.5. The van der Waals surface area contributed by atoms with Gasteiger partial charge in [0.2, 0.25) is 17.7 Å². The summed E-state index contributed by atoms with van der Waals surface area (Å²) >= 11 is 1.57. The minimum Gasteiger partial charge on any atom is -0.494 e. The lowest BCUT2D eigenvalue weighted by atomic mass is 9.85. The van der Waals surface area contributed by atoms with Crippen LogP contribution < -0.4 is 15.4 Å². The van der Waals surface area contributed by atoms with Crippen LogP contribution >= 0.6 is 11.3 Å². The molecule has 1 aromatic carbocycles. The maximum atomic E-state index is 13.7. The quantitative estimate of drug-likeness (QED) is 0.486. The average Bonchev–Trinajstić information content (AvgIpc) is 3.33. The second-order valence-corrected chi connectivity index (χ2v) is 12.3. The molecule has 208 valence electrons. The number of rotatable bonds is 9. The summed E-state index contributed by atoms with van der Waals surface area (Å²) in [7, 11) is 0. The minimum absolute atomic E-state index is 0.236. The van der Waals surface area contributed by atoms with Crippen molar-refractivity contribution in [1.82, 2.24) is 20.5 Å². The predicted molar refractivity (Wildman–Crippen MR) is 149 cm³/mol. The Morgan fingerprint density at radius 2 is 2.05 bits per heavy atom. The molecule has 0 radical (unpaired) electrons. The summed E-state index contributed by atoms with van der Waals surface area (Å²) < 4.78 is 5.89. The van der Waals surface area contributed by atoms with Gasteiger partial charge in [-0.2, -0.15) is 5.26 Å². The number of likely N-dealkylation sites (tertiary alicyclic amines) is 1. The van der Waals surface area contributed by atoms with Crippen LogP contribution in [-0.2, 0) is 20.9 Å². The van der Waals surface area contributed by atoms with Crippen molar-refractivity contribution in [2.45, 2.75) is 78.9 Å². The number of nitrogens with zero attached hydrogens (tertiary/aromatic N) is 3. The molecule has 1 aromatic heterocycles. The summed E-state index contributed by atoms with van der Waals surface area (Å²) in [6.07, 6.45) is 2.25. The Balaban J connectivity index is 1.46. The van der Waals surface area contributed by atoms with E-state index in [0.29, 0.717) is 44.6 Å². The summed E-state index contributed by atoms with van der Waals surface area (Å²) in [6, 6.07) is 6.55. The molecule has 0 bridgehead atoms. The van der Waals surface area contributed by atoms with Crippen LogP contribution in [0, 0.1) is 29.1 Å². The Bertz CT molecular complexity index is 1290. The number of ether oxygens (including phenoxy) is 1. The molecule has 2 N–H and O–H groups in total. The lowest BCUT2D eigenvalue weighted by Gasteiger charge is -2.35. The predicted octanol–water partition coefficient (Wildman–Crippen LogP) is 3.96. The number of amides is 3. The maximum Gasteiger partial charge on any atom is 0.246 e. The van der Waals surface area contributed by atoms with Crippen molar-refractivity contribution < 1.29 is 19.1 Å². The molecule has 9 nitrogen and oxygen atoms in total. The number of nitrogens with one attached hydrogen (secondary N) is 2. The zero-order chi connectivity index (χ0) is 28.4. The Kier molecular flexibility index (Phi) is 8.31. The van der Waals surface area contributed by atoms with Crippen molar-refractivity contribution in [3.8, 4) is 22.3 Å². The van der Waals surface area contributed by atoms with Crippen molar-refractivity contribution in [1.29, 1.82) is 5.26 Å². The molecule has 1 saturated heterocycles. The van der Waals surface area contributed by atoms with Gasteiger partial charge >= 0.3 is 0 Å². The number of carbonyl (C=O) groups is 3. The molecule has 2 atom stereocenters. The summed E-state index contributed by atoms with van der Waals surface area (Å²) in [6.45, 7) is 10.7. The fraction of sp³-hybridized carbons (Fsp3) is 0.552. The monoisotopic (exact) mass is 551 g/mol. The zero-order valence-electron chi connectivity index (χ0n) is 23.3. The first-order chi connectivity index (χ1) is 18.5. The first kappa shape index (κ1) is 28.6. The Labute approximate surface area is 233 Å². The third-order valence-electron chi connectivity index (χ3n) is 7.45. The molecule has 0 unspecified atom stereocenters. The SMILES string of the molecule is CCOc1cc(-c2scnc2C)ccc1CNC(=O)[C@@H]1CCCN1C(=O)[C@@H](NC(=O)C1(C#N)CC1)C(C)(C)C. The van der Waals surface area contributed by atoms with Gasteiger partial charge in [0.15, 0.2) is 0 Å². The summed E-state index contributed by atoms with van der Waals surface area (Å²) in [5.41, 5.74) is 3.01. The summed E-state index contributed by atoms with van der Waals surface area (Å²) in [4.78, 5) is 46.8. The van der Waals surface area contributed by atoms with Crippen molar-refractivity contribution in [3.05, 3.63) is 35.0 Å².